The number of allylic oxidation sites excluding steroid dienone is 3. The molecule has 0 aromatic carbocycles. The molecule has 0 saturated heterocycles. The third-order valence-electron chi connectivity index (χ3n) is 2.71. The number of carbonyl (C=O) groups is 1. The molecule has 0 aliphatic heterocycles. The number of carbonyl (C=O) groups excluding carboxylic acids is 1. The molecule has 0 radical (unpaired) electrons. The average Bonchev–Trinajstić information content (AvgIpc) is 2.37. The first kappa shape index (κ1) is 16.2. The number of unbranched alkanes of at least 4 members (excludes halogenated alkanes) is 1. The van der Waals surface area contributed by atoms with Gasteiger partial charge >= 0.3 is 0 Å². The van der Waals surface area contributed by atoms with Crippen LogP contribution in [0.25, 0.3) is 0 Å². The maximum atomic E-state index is 11.3. The highest BCUT2D eigenvalue weighted by atomic mass is 16.5. The summed E-state index contributed by atoms with van der Waals surface area (Å²) in [7, 11) is 0. The fourth-order valence-electron chi connectivity index (χ4n) is 1.74. The number of rotatable bonds is 7. The lowest BCUT2D eigenvalue weighted by atomic mass is 10.1. The van der Waals surface area contributed by atoms with Gasteiger partial charge in [0.25, 0.3) is 0 Å². The standard InChI is InChI=1S/C17H23NO2/c1-13(2)9-7-5-6-8-10-20-16-11-14(3)17(15(4)19)18-12-16/h7-13H,5-6H2,1-4H3/b9-7-,10-8+. The van der Waals surface area contributed by atoms with Gasteiger partial charge in [-0.15, -0.1) is 0 Å². The molecule has 0 aliphatic carbocycles. The van der Waals surface area contributed by atoms with E-state index in [4.69, 9.17) is 4.74 Å². The molecule has 0 aliphatic rings. The van der Waals surface area contributed by atoms with Crippen LogP contribution in [-0.4, -0.2) is 10.8 Å². The van der Waals surface area contributed by atoms with E-state index in [0.717, 1.165) is 18.4 Å². The Morgan fingerprint density at radius 3 is 2.65 bits per heavy atom. The van der Waals surface area contributed by atoms with E-state index < -0.39 is 0 Å². The predicted octanol–water partition coefficient (Wildman–Crippen LogP) is 4.48. The molecule has 0 fully saturated rings. The summed E-state index contributed by atoms with van der Waals surface area (Å²) in [6.07, 6.45) is 11.6. The van der Waals surface area contributed by atoms with Crippen LogP contribution in [0.4, 0.5) is 0 Å². The zero-order valence-corrected chi connectivity index (χ0v) is 12.7. The Bertz CT molecular complexity index is 502. The maximum absolute atomic E-state index is 11.3. The molecule has 1 heterocycles. The first-order valence-electron chi connectivity index (χ1n) is 6.96. The second kappa shape index (κ2) is 8.31. The number of hydrogen-bond acceptors (Lipinski definition) is 3. The van der Waals surface area contributed by atoms with Gasteiger partial charge in [0, 0.05) is 6.92 Å². The van der Waals surface area contributed by atoms with Crippen molar-refractivity contribution in [1.29, 1.82) is 0 Å². The molecular weight excluding hydrogens is 250 g/mol. The van der Waals surface area contributed by atoms with Crippen molar-refractivity contribution in [3.8, 4) is 5.75 Å². The number of hydrogen-bond donors (Lipinski definition) is 0. The zero-order valence-electron chi connectivity index (χ0n) is 12.7. The van der Waals surface area contributed by atoms with Crippen molar-refractivity contribution < 1.29 is 9.53 Å². The summed E-state index contributed by atoms with van der Waals surface area (Å²) in [5.74, 6) is 1.23. The Morgan fingerprint density at radius 1 is 1.35 bits per heavy atom. The highest BCUT2D eigenvalue weighted by molar-refractivity contribution is 5.93. The first-order valence-corrected chi connectivity index (χ1v) is 6.96. The number of ketones is 1. The summed E-state index contributed by atoms with van der Waals surface area (Å²) < 4.78 is 5.47. The van der Waals surface area contributed by atoms with Crippen LogP contribution in [0.1, 0.15) is 49.7 Å². The van der Waals surface area contributed by atoms with Crippen LogP contribution in [0, 0.1) is 12.8 Å². The lowest BCUT2D eigenvalue weighted by Gasteiger charge is -2.04. The summed E-state index contributed by atoms with van der Waals surface area (Å²) in [6, 6.07) is 1.83. The molecule has 0 atom stereocenters. The van der Waals surface area contributed by atoms with Crippen LogP contribution in [0.5, 0.6) is 5.75 Å². The summed E-state index contributed by atoms with van der Waals surface area (Å²) in [5.41, 5.74) is 1.34. The van der Waals surface area contributed by atoms with E-state index in [1.807, 2.05) is 19.1 Å². The Morgan fingerprint density at radius 2 is 2.05 bits per heavy atom. The summed E-state index contributed by atoms with van der Waals surface area (Å²) in [5, 5.41) is 0. The van der Waals surface area contributed by atoms with Crippen molar-refractivity contribution >= 4 is 5.78 Å². The van der Waals surface area contributed by atoms with Crippen molar-refractivity contribution in [1.82, 2.24) is 4.98 Å². The van der Waals surface area contributed by atoms with E-state index >= 15 is 0 Å². The summed E-state index contributed by atoms with van der Waals surface area (Å²) in [6.45, 7) is 7.70. The van der Waals surface area contributed by atoms with E-state index in [0.29, 0.717) is 17.4 Å². The minimum absolute atomic E-state index is 0.0264. The van der Waals surface area contributed by atoms with Gasteiger partial charge in [-0.3, -0.25) is 4.79 Å². The average molecular weight is 273 g/mol. The zero-order chi connectivity index (χ0) is 15.0. The van der Waals surface area contributed by atoms with Gasteiger partial charge in [0.2, 0.25) is 0 Å². The summed E-state index contributed by atoms with van der Waals surface area (Å²) in [4.78, 5) is 15.4. The number of aryl methyl sites for hydroxylation is 1. The van der Waals surface area contributed by atoms with Crippen molar-refractivity contribution in [3.05, 3.63) is 48.0 Å². The number of Topliss-reactive ketones (excluding diaryl/α,β-unsaturated/α-hetero) is 1. The van der Waals surface area contributed by atoms with Gasteiger partial charge in [-0.05, 0) is 43.4 Å². The normalized spacial score (nSPS) is 11.7. The van der Waals surface area contributed by atoms with E-state index in [-0.39, 0.29) is 5.78 Å². The largest absolute Gasteiger partial charge is 0.464 e. The van der Waals surface area contributed by atoms with Crippen molar-refractivity contribution in [2.75, 3.05) is 0 Å². The van der Waals surface area contributed by atoms with Gasteiger partial charge in [0.15, 0.2) is 5.78 Å². The number of pyridine rings is 1. The molecule has 0 N–H and O–H groups in total. The molecular formula is C17H23NO2. The van der Waals surface area contributed by atoms with E-state index in [9.17, 15) is 4.79 Å². The topological polar surface area (TPSA) is 39.2 Å². The van der Waals surface area contributed by atoms with Crippen molar-refractivity contribution in [2.45, 2.75) is 40.5 Å². The second-order valence-electron chi connectivity index (χ2n) is 5.13. The minimum atomic E-state index is -0.0264. The highest BCUT2D eigenvalue weighted by Gasteiger charge is 2.06. The van der Waals surface area contributed by atoms with Gasteiger partial charge in [0.05, 0.1) is 12.5 Å². The Hall–Kier alpha value is -1.90. The molecule has 3 nitrogen and oxygen atoms in total. The monoisotopic (exact) mass is 273 g/mol. The third-order valence-corrected chi connectivity index (χ3v) is 2.71. The van der Waals surface area contributed by atoms with Gasteiger partial charge in [-0.25, -0.2) is 4.98 Å². The third kappa shape index (κ3) is 5.83. The molecule has 0 amide bonds. The molecule has 108 valence electrons. The predicted molar refractivity (Wildman–Crippen MR) is 82.0 cm³/mol. The minimum Gasteiger partial charge on any atom is -0.464 e. The van der Waals surface area contributed by atoms with Crippen molar-refractivity contribution in [2.24, 2.45) is 5.92 Å². The van der Waals surface area contributed by atoms with E-state index in [1.165, 1.54) is 6.92 Å². The van der Waals surface area contributed by atoms with Crippen molar-refractivity contribution in [3.63, 3.8) is 0 Å². The lowest BCUT2D eigenvalue weighted by Crippen LogP contribution is -2.00. The van der Waals surface area contributed by atoms with Gasteiger partial charge in [0.1, 0.15) is 11.4 Å². The molecule has 0 saturated carbocycles. The molecule has 20 heavy (non-hydrogen) atoms. The molecule has 1 aromatic heterocycles. The number of nitrogens with zero attached hydrogens (tertiary/aromatic N) is 1. The Balaban J connectivity index is 2.42. The highest BCUT2D eigenvalue weighted by Crippen LogP contribution is 2.15. The molecule has 1 aromatic rings. The Kier molecular flexibility index (Phi) is 6.71. The quantitative estimate of drug-likeness (QED) is 0.318. The summed E-state index contributed by atoms with van der Waals surface area (Å²) >= 11 is 0. The van der Waals surface area contributed by atoms with Crippen LogP contribution in [-0.2, 0) is 0 Å². The van der Waals surface area contributed by atoms with Crippen LogP contribution in [0.2, 0.25) is 0 Å². The molecule has 3 heteroatoms. The van der Waals surface area contributed by atoms with E-state index in [1.54, 1.807) is 12.5 Å². The van der Waals surface area contributed by atoms with Crippen LogP contribution in [0.15, 0.2) is 36.8 Å². The number of aromatic nitrogens is 1. The first-order chi connectivity index (χ1) is 9.50. The molecule has 0 bridgehead atoms. The fourth-order valence-corrected chi connectivity index (χ4v) is 1.74. The van der Waals surface area contributed by atoms with Crippen LogP contribution < -0.4 is 4.74 Å². The Labute approximate surface area is 121 Å². The molecule has 0 unspecified atom stereocenters. The van der Waals surface area contributed by atoms with Gasteiger partial charge in [-0.1, -0.05) is 26.0 Å². The smallest absolute Gasteiger partial charge is 0.178 e. The SMILES string of the molecule is CC(=O)c1ncc(O/C=C/CC/C=C\C(C)C)cc1C. The fraction of sp³-hybridized carbons (Fsp3) is 0.412. The van der Waals surface area contributed by atoms with Crippen LogP contribution >= 0.6 is 0 Å². The molecule has 0 spiro atoms. The van der Waals surface area contributed by atoms with Crippen LogP contribution in [0.3, 0.4) is 0 Å². The van der Waals surface area contributed by atoms with Gasteiger partial charge < -0.3 is 4.74 Å². The number of ether oxygens (including phenoxy) is 1. The maximum Gasteiger partial charge on any atom is 0.178 e. The van der Waals surface area contributed by atoms with Gasteiger partial charge in [-0.2, -0.15) is 0 Å². The van der Waals surface area contributed by atoms with E-state index in [2.05, 4.69) is 31.0 Å². The lowest BCUT2D eigenvalue weighted by molar-refractivity contribution is 0.101. The second-order valence-corrected chi connectivity index (χ2v) is 5.13. The molecule has 1 rings (SSSR count).